The van der Waals surface area contributed by atoms with Gasteiger partial charge in [0.2, 0.25) is 0 Å². The van der Waals surface area contributed by atoms with Crippen LogP contribution >= 0.6 is 0 Å². The highest BCUT2D eigenvalue weighted by atomic mass is 32.2. The Bertz CT molecular complexity index is 988. The van der Waals surface area contributed by atoms with Crippen molar-refractivity contribution in [1.29, 1.82) is 5.26 Å². The van der Waals surface area contributed by atoms with Gasteiger partial charge >= 0.3 is 6.03 Å². The van der Waals surface area contributed by atoms with Crippen molar-refractivity contribution in [3.05, 3.63) is 53.8 Å². The minimum atomic E-state index is -4.20. The molecule has 28 heavy (non-hydrogen) atoms. The van der Waals surface area contributed by atoms with E-state index in [0.29, 0.717) is 12.0 Å². The summed E-state index contributed by atoms with van der Waals surface area (Å²) < 4.78 is 41.8. The van der Waals surface area contributed by atoms with E-state index in [0.717, 1.165) is 12.1 Å². The zero-order chi connectivity index (χ0) is 20.7. The third kappa shape index (κ3) is 5.44. The average Bonchev–Trinajstić information content (AvgIpc) is 2.63. The Balaban J connectivity index is 2.26. The summed E-state index contributed by atoms with van der Waals surface area (Å²) in [6, 6.07) is 11.2. The Morgan fingerprint density at radius 3 is 2.54 bits per heavy atom. The Labute approximate surface area is 163 Å². The van der Waals surface area contributed by atoms with Crippen LogP contribution in [0.1, 0.15) is 25.3 Å². The highest BCUT2D eigenvalue weighted by Crippen LogP contribution is 2.25. The summed E-state index contributed by atoms with van der Waals surface area (Å²) in [6.07, 6.45) is 0.705. The first kappa shape index (κ1) is 21.2. The molecule has 148 valence electrons. The molecule has 0 aromatic heterocycles. The summed E-state index contributed by atoms with van der Waals surface area (Å²) in [5.74, 6) is -0.928. The second kappa shape index (κ2) is 9.19. The standard InChI is InChI=1S/C19H21FN4O3S/c1-3-14(9-10-21)22-19(25)23-17-12-18(16(20)11-13(17)2)28(26,27)24-15-7-5-4-6-8-15/h4-8,11-12,14,24H,3,9H2,1-2H3,(H2,22,23,25)/t14-/m1/s1. The van der Waals surface area contributed by atoms with Crippen LogP contribution < -0.4 is 15.4 Å². The maximum absolute atomic E-state index is 14.3. The van der Waals surface area contributed by atoms with Gasteiger partial charge in [-0.25, -0.2) is 17.6 Å². The van der Waals surface area contributed by atoms with Crippen molar-refractivity contribution in [3.8, 4) is 6.07 Å². The first-order chi connectivity index (χ1) is 13.3. The van der Waals surface area contributed by atoms with E-state index in [1.165, 1.54) is 12.1 Å². The van der Waals surface area contributed by atoms with Gasteiger partial charge in [-0.2, -0.15) is 5.26 Å². The zero-order valence-electron chi connectivity index (χ0n) is 15.5. The van der Waals surface area contributed by atoms with E-state index in [1.807, 2.05) is 13.0 Å². The van der Waals surface area contributed by atoms with Crippen LogP contribution in [0.4, 0.5) is 20.6 Å². The number of anilines is 2. The fourth-order valence-electron chi connectivity index (χ4n) is 2.46. The topological polar surface area (TPSA) is 111 Å². The van der Waals surface area contributed by atoms with Crippen LogP contribution in [0, 0.1) is 24.1 Å². The number of nitriles is 1. The van der Waals surface area contributed by atoms with Crippen molar-refractivity contribution < 1.29 is 17.6 Å². The molecule has 0 aliphatic rings. The molecule has 3 N–H and O–H groups in total. The number of amides is 2. The van der Waals surface area contributed by atoms with Gasteiger partial charge in [0.1, 0.15) is 10.7 Å². The fraction of sp³-hybridized carbons (Fsp3) is 0.263. The molecule has 2 aromatic rings. The van der Waals surface area contributed by atoms with Crippen LogP contribution in [0.15, 0.2) is 47.4 Å². The van der Waals surface area contributed by atoms with Crippen LogP contribution in [-0.4, -0.2) is 20.5 Å². The van der Waals surface area contributed by atoms with Crippen molar-refractivity contribution >= 4 is 27.4 Å². The van der Waals surface area contributed by atoms with Crippen LogP contribution in [-0.2, 0) is 10.0 Å². The van der Waals surface area contributed by atoms with Crippen LogP contribution in [0.5, 0.6) is 0 Å². The number of rotatable bonds is 7. The SMILES string of the molecule is CC[C@H](CC#N)NC(=O)Nc1cc(S(=O)(=O)Nc2ccccc2)c(F)cc1C. The number of halogens is 1. The molecule has 0 fully saturated rings. The van der Waals surface area contributed by atoms with E-state index in [2.05, 4.69) is 15.4 Å². The lowest BCUT2D eigenvalue weighted by Gasteiger charge is -2.16. The average molecular weight is 404 g/mol. The Morgan fingerprint density at radius 2 is 1.93 bits per heavy atom. The van der Waals surface area contributed by atoms with E-state index < -0.39 is 26.8 Å². The maximum atomic E-state index is 14.3. The minimum Gasteiger partial charge on any atom is -0.334 e. The molecule has 0 heterocycles. The molecule has 7 nitrogen and oxygen atoms in total. The number of sulfonamides is 1. The minimum absolute atomic E-state index is 0.146. The van der Waals surface area contributed by atoms with Crippen molar-refractivity contribution in [2.75, 3.05) is 10.0 Å². The summed E-state index contributed by atoms with van der Waals surface area (Å²) in [5, 5.41) is 13.9. The molecule has 1 atom stereocenters. The lowest BCUT2D eigenvalue weighted by Crippen LogP contribution is -2.37. The number of benzene rings is 2. The summed E-state index contributed by atoms with van der Waals surface area (Å²) in [5.41, 5.74) is 0.802. The van der Waals surface area contributed by atoms with Gasteiger partial charge in [0.15, 0.2) is 0 Å². The number of nitrogens with zero attached hydrogens (tertiary/aromatic N) is 1. The first-order valence-corrected chi connectivity index (χ1v) is 10.1. The number of aryl methyl sites for hydroxylation is 1. The van der Waals surface area contributed by atoms with Gasteiger partial charge in [-0.3, -0.25) is 4.72 Å². The third-order valence-corrected chi connectivity index (χ3v) is 5.40. The van der Waals surface area contributed by atoms with E-state index in [-0.39, 0.29) is 23.8 Å². The highest BCUT2D eigenvalue weighted by Gasteiger charge is 2.22. The van der Waals surface area contributed by atoms with Gasteiger partial charge in [-0.05, 0) is 43.2 Å². The highest BCUT2D eigenvalue weighted by molar-refractivity contribution is 7.92. The molecule has 2 rings (SSSR count). The summed E-state index contributed by atoms with van der Waals surface area (Å²) in [4.78, 5) is 11.6. The van der Waals surface area contributed by atoms with E-state index in [9.17, 15) is 17.6 Å². The smallest absolute Gasteiger partial charge is 0.319 e. The normalized spacial score (nSPS) is 11.9. The number of para-hydroxylation sites is 1. The van der Waals surface area contributed by atoms with Crippen molar-refractivity contribution in [2.45, 2.75) is 37.6 Å². The second-order valence-corrected chi connectivity index (χ2v) is 7.79. The largest absolute Gasteiger partial charge is 0.334 e. The molecule has 0 spiro atoms. The summed E-state index contributed by atoms with van der Waals surface area (Å²) in [7, 11) is -4.20. The molecular formula is C19H21FN4O3S. The molecule has 2 amide bonds. The Kier molecular flexibility index (Phi) is 6.95. The van der Waals surface area contributed by atoms with Gasteiger partial charge in [-0.1, -0.05) is 25.1 Å². The number of nitrogens with one attached hydrogen (secondary N) is 3. The van der Waals surface area contributed by atoms with Gasteiger partial charge in [-0.15, -0.1) is 0 Å². The van der Waals surface area contributed by atoms with Gasteiger partial charge in [0.05, 0.1) is 12.5 Å². The quantitative estimate of drug-likeness (QED) is 0.652. The predicted molar refractivity (Wildman–Crippen MR) is 105 cm³/mol. The number of carbonyl (C=O) groups is 1. The van der Waals surface area contributed by atoms with Crippen molar-refractivity contribution in [1.82, 2.24) is 5.32 Å². The summed E-state index contributed by atoms with van der Waals surface area (Å²) >= 11 is 0. The number of urea groups is 1. The third-order valence-electron chi connectivity index (χ3n) is 4.01. The molecule has 0 radical (unpaired) electrons. The van der Waals surface area contributed by atoms with Gasteiger partial charge < -0.3 is 10.6 Å². The lowest BCUT2D eigenvalue weighted by molar-refractivity contribution is 0.248. The number of hydrogen-bond donors (Lipinski definition) is 3. The monoisotopic (exact) mass is 404 g/mol. The van der Waals surface area contributed by atoms with Crippen LogP contribution in [0.2, 0.25) is 0 Å². The molecular weight excluding hydrogens is 383 g/mol. The maximum Gasteiger partial charge on any atom is 0.319 e. The summed E-state index contributed by atoms with van der Waals surface area (Å²) in [6.45, 7) is 3.37. The Hall–Kier alpha value is -3.12. The van der Waals surface area contributed by atoms with Gasteiger partial charge in [0, 0.05) is 17.4 Å². The molecule has 0 aliphatic heterocycles. The predicted octanol–water partition coefficient (Wildman–Crippen LogP) is 3.75. The number of hydrogen-bond acceptors (Lipinski definition) is 4. The Morgan fingerprint density at radius 1 is 1.25 bits per heavy atom. The van der Waals surface area contributed by atoms with E-state index >= 15 is 0 Å². The molecule has 0 unspecified atom stereocenters. The van der Waals surface area contributed by atoms with E-state index in [1.54, 1.807) is 25.1 Å². The van der Waals surface area contributed by atoms with Crippen LogP contribution in [0.3, 0.4) is 0 Å². The van der Waals surface area contributed by atoms with Gasteiger partial charge in [0.25, 0.3) is 10.0 Å². The molecule has 9 heteroatoms. The first-order valence-electron chi connectivity index (χ1n) is 8.59. The van der Waals surface area contributed by atoms with Crippen molar-refractivity contribution in [2.24, 2.45) is 0 Å². The number of carbonyl (C=O) groups excluding carboxylic acids is 1. The molecule has 0 saturated carbocycles. The molecule has 0 saturated heterocycles. The van der Waals surface area contributed by atoms with Crippen molar-refractivity contribution in [3.63, 3.8) is 0 Å². The molecule has 2 aromatic carbocycles. The molecule has 0 bridgehead atoms. The van der Waals surface area contributed by atoms with Crippen LogP contribution in [0.25, 0.3) is 0 Å². The molecule has 0 aliphatic carbocycles. The fourth-order valence-corrected chi connectivity index (χ4v) is 3.61. The van der Waals surface area contributed by atoms with E-state index in [4.69, 9.17) is 5.26 Å². The lowest BCUT2D eigenvalue weighted by atomic mass is 10.1. The zero-order valence-corrected chi connectivity index (χ0v) is 16.3. The second-order valence-electron chi connectivity index (χ2n) is 6.13.